The van der Waals surface area contributed by atoms with E-state index in [4.69, 9.17) is 21.4 Å². The number of nitrogens with zero attached hydrogens (tertiary/aromatic N) is 1. The lowest BCUT2D eigenvalue weighted by Gasteiger charge is -2.06. The molecule has 0 aliphatic carbocycles. The summed E-state index contributed by atoms with van der Waals surface area (Å²) < 4.78 is 5.60. The van der Waals surface area contributed by atoms with Crippen LogP contribution in [0.1, 0.15) is 11.3 Å². The van der Waals surface area contributed by atoms with Crippen molar-refractivity contribution < 1.29 is 9.84 Å². The lowest BCUT2D eigenvalue weighted by molar-refractivity contribution is 0.297. The van der Waals surface area contributed by atoms with Gasteiger partial charge in [0.25, 0.3) is 0 Å². The SMILES string of the molecule is OCCc1ccc(OCc2cccc(Cl)n2)cc1. The molecule has 0 bridgehead atoms. The van der Waals surface area contributed by atoms with Crippen LogP contribution >= 0.6 is 11.6 Å². The second-order valence-corrected chi connectivity index (χ2v) is 4.25. The smallest absolute Gasteiger partial charge is 0.130 e. The van der Waals surface area contributed by atoms with Crippen LogP contribution in [-0.4, -0.2) is 16.7 Å². The first-order chi connectivity index (χ1) is 8.78. The summed E-state index contributed by atoms with van der Waals surface area (Å²) in [5, 5.41) is 9.28. The average molecular weight is 264 g/mol. The molecular formula is C14H14ClNO2. The zero-order valence-electron chi connectivity index (χ0n) is 9.84. The van der Waals surface area contributed by atoms with E-state index >= 15 is 0 Å². The molecule has 1 N–H and O–H groups in total. The summed E-state index contributed by atoms with van der Waals surface area (Å²) in [7, 11) is 0. The first kappa shape index (κ1) is 12.9. The van der Waals surface area contributed by atoms with E-state index in [-0.39, 0.29) is 6.61 Å². The molecule has 0 unspecified atom stereocenters. The van der Waals surface area contributed by atoms with Crippen molar-refractivity contribution >= 4 is 11.6 Å². The van der Waals surface area contributed by atoms with Gasteiger partial charge in [-0.25, -0.2) is 4.98 Å². The van der Waals surface area contributed by atoms with Gasteiger partial charge in [-0.1, -0.05) is 29.8 Å². The monoisotopic (exact) mass is 263 g/mol. The largest absolute Gasteiger partial charge is 0.487 e. The van der Waals surface area contributed by atoms with Crippen molar-refractivity contribution in [3.63, 3.8) is 0 Å². The number of aliphatic hydroxyl groups excluding tert-OH is 1. The third-order valence-electron chi connectivity index (χ3n) is 2.48. The zero-order valence-corrected chi connectivity index (χ0v) is 10.6. The van der Waals surface area contributed by atoms with Crippen molar-refractivity contribution in [2.24, 2.45) is 0 Å². The number of ether oxygens (including phenoxy) is 1. The molecule has 0 fully saturated rings. The number of aliphatic hydroxyl groups is 1. The Hall–Kier alpha value is -1.58. The summed E-state index contributed by atoms with van der Waals surface area (Å²) in [6.07, 6.45) is 0.663. The minimum atomic E-state index is 0.159. The van der Waals surface area contributed by atoms with Gasteiger partial charge in [0.1, 0.15) is 17.5 Å². The predicted molar refractivity (Wildman–Crippen MR) is 70.8 cm³/mol. The van der Waals surface area contributed by atoms with Crippen molar-refractivity contribution in [3.05, 3.63) is 58.9 Å². The Labute approximate surface area is 111 Å². The highest BCUT2D eigenvalue weighted by molar-refractivity contribution is 6.29. The first-order valence-electron chi connectivity index (χ1n) is 5.72. The minimum Gasteiger partial charge on any atom is -0.487 e. The van der Waals surface area contributed by atoms with Crippen molar-refractivity contribution in [1.82, 2.24) is 4.98 Å². The normalized spacial score (nSPS) is 10.3. The maximum Gasteiger partial charge on any atom is 0.130 e. The van der Waals surface area contributed by atoms with Crippen LogP contribution in [0.2, 0.25) is 5.15 Å². The van der Waals surface area contributed by atoms with E-state index in [0.29, 0.717) is 18.2 Å². The highest BCUT2D eigenvalue weighted by Gasteiger charge is 1.99. The molecule has 0 amide bonds. The van der Waals surface area contributed by atoms with Crippen LogP contribution in [0.15, 0.2) is 42.5 Å². The molecule has 1 aromatic heterocycles. The maximum atomic E-state index is 8.82. The summed E-state index contributed by atoms with van der Waals surface area (Å²) in [6, 6.07) is 13.1. The topological polar surface area (TPSA) is 42.4 Å². The number of benzene rings is 1. The molecule has 3 nitrogen and oxygen atoms in total. The van der Waals surface area contributed by atoms with Gasteiger partial charge >= 0.3 is 0 Å². The third-order valence-corrected chi connectivity index (χ3v) is 2.69. The third kappa shape index (κ3) is 3.72. The van der Waals surface area contributed by atoms with Crippen LogP contribution in [0, 0.1) is 0 Å². The summed E-state index contributed by atoms with van der Waals surface area (Å²) in [5.41, 5.74) is 1.88. The molecule has 2 aromatic rings. The average Bonchev–Trinajstić information content (AvgIpc) is 2.38. The van der Waals surface area contributed by atoms with E-state index in [1.807, 2.05) is 36.4 Å². The number of halogens is 1. The van der Waals surface area contributed by atoms with Gasteiger partial charge in [0.15, 0.2) is 0 Å². The van der Waals surface area contributed by atoms with E-state index in [1.165, 1.54) is 0 Å². The van der Waals surface area contributed by atoms with E-state index in [0.717, 1.165) is 17.0 Å². The summed E-state index contributed by atoms with van der Waals surface area (Å²) in [5.74, 6) is 0.776. The Morgan fingerprint density at radius 3 is 2.56 bits per heavy atom. The molecule has 0 saturated carbocycles. The van der Waals surface area contributed by atoms with Gasteiger partial charge in [0, 0.05) is 6.61 Å². The molecule has 1 aromatic carbocycles. The Bertz CT molecular complexity index is 499. The summed E-state index contributed by atoms with van der Waals surface area (Å²) in [6.45, 7) is 0.548. The van der Waals surface area contributed by atoms with Gasteiger partial charge in [-0.05, 0) is 36.2 Å². The Morgan fingerprint density at radius 2 is 1.89 bits per heavy atom. The number of hydrogen-bond acceptors (Lipinski definition) is 3. The molecule has 0 aliphatic heterocycles. The van der Waals surface area contributed by atoms with Crippen LogP contribution in [0.5, 0.6) is 5.75 Å². The van der Waals surface area contributed by atoms with Gasteiger partial charge < -0.3 is 9.84 Å². The molecule has 1 heterocycles. The molecule has 0 radical (unpaired) electrons. The number of rotatable bonds is 5. The van der Waals surface area contributed by atoms with Crippen molar-refractivity contribution in [1.29, 1.82) is 0 Å². The van der Waals surface area contributed by atoms with Crippen LogP contribution in [0.4, 0.5) is 0 Å². The maximum absolute atomic E-state index is 8.82. The molecule has 18 heavy (non-hydrogen) atoms. The highest BCUT2D eigenvalue weighted by Crippen LogP contribution is 2.14. The molecule has 94 valence electrons. The molecule has 0 spiro atoms. The van der Waals surface area contributed by atoms with E-state index in [1.54, 1.807) is 6.07 Å². The zero-order chi connectivity index (χ0) is 12.8. The standard InChI is InChI=1S/C14H14ClNO2/c15-14-3-1-2-12(16-14)10-18-13-6-4-11(5-7-13)8-9-17/h1-7,17H,8-10H2. The van der Waals surface area contributed by atoms with E-state index in [9.17, 15) is 0 Å². The molecule has 0 aliphatic rings. The Balaban J connectivity index is 1.93. The fourth-order valence-corrected chi connectivity index (χ4v) is 1.75. The van der Waals surface area contributed by atoms with Gasteiger partial charge in [-0.2, -0.15) is 0 Å². The van der Waals surface area contributed by atoms with Gasteiger partial charge in [-0.15, -0.1) is 0 Å². The lowest BCUT2D eigenvalue weighted by atomic mass is 10.1. The fraction of sp³-hybridized carbons (Fsp3) is 0.214. The van der Waals surface area contributed by atoms with Gasteiger partial charge in [0.2, 0.25) is 0 Å². The van der Waals surface area contributed by atoms with Crippen molar-refractivity contribution in [2.45, 2.75) is 13.0 Å². The number of hydrogen-bond donors (Lipinski definition) is 1. The quantitative estimate of drug-likeness (QED) is 0.844. The van der Waals surface area contributed by atoms with Crippen LogP contribution in [-0.2, 0) is 13.0 Å². The highest BCUT2D eigenvalue weighted by atomic mass is 35.5. The number of pyridine rings is 1. The van der Waals surface area contributed by atoms with Crippen molar-refractivity contribution in [2.75, 3.05) is 6.61 Å². The summed E-state index contributed by atoms with van der Waals surface area (Å²) in [4.78, 5) is 4.14. The van der Waals surface area contributed by atoms with Crippen molar-refractivity contribution in [3.8, 4) is 5.75 Å². The van der Waals surface area contributed by atoms with Crippen LogP contribution < -0.4 is 4.74 Å². The number of aromatic nitrogens is 1. The van der Waals surface area contributed by atoms with E-state index in [2.05, 4.69) is 4.98 Å². The molecule has 2 rings (SSSR count). The second-order valence-electron chi connectivity index (χ2n) is 3.86. The lowest BCUT2D eigenvalue weighted by Crippen LogP contribution is -1.98. The second kappa shape index (κ2) is 6.38. The molecule has 4 heteroatoms. The van der Waals surface area contributed by atoms with E-state index < -0.39 is 0 Å². The van der Waals surface area contributed by atoms with Gasteiger partial charge in [0.05, 0.1) is 5.69 Å². The Morgan fingerprint density at radius 1 is 1.11 bits per heavy atom. The Kier molecular flexibility index (Phi) is 4.56. The molecule has 0 atom stereocenters. The summed E-state index contributed by atoms with van der Waals surface area (Å²) >= 11 is 5.79. The van der Waals surface area contributed by atoms with Gasteiger partial charge in [-0.3, -0.25) is 0 Å². The molecule has 0 saturated heterocycles. The predicted octanol–water partition coefficient (Wildman–Crippen LogP) is 2.85. The fourth-order valence-electron chi connectivity index (χ4n) is 1.57. The van der Waals surface area contributed by atoms with Crippen LogP contribution in [0.3, 0.4) is 0 Å². The minimum absolute atomic E-state index is 0.159. The van der Waals surface area contributed by atoms with Crippen LogP contribution in [0.25, 0.3) is 0 Å². The first-order valence-corrected chi connectivity index (χ1v) is 6.10. The molecular weight excluding hydrogens is 250 g/mol.